The van der Waals surface area contributed by atoms with Crippen LogP contribution in [-0.4, -0.2) is 23.3 Å². The van der Waals surface area contributed by atoms with E-state index in [4.69, 9.17) is 5.73 Å². The van der Waals surface area contributed by atoms with Gasteiger partial charge in [-0.05, 0) is 18.4 Å². The summed E-state index contributed by atoms with van der Waals surface area (Å²) in [7, 11) is 0. The van der Waals surface area contributed by atoms with Gasteiger partial charge in [0.1, 0.15) is 0 Å². The first-order valence-electron chi connectivity index (χ1n) is 7.29. The molecule has 1 aromatic carbocycles. The molecular weight excluding hydrogens is 252 g/mol. The Morgan fingerprint density at radius 2 is 1.85 bits per heavy atom. The molecule has 4 heteroatoms. The van der Waals surface area contributed by atoms with Gasteiger partial charge in [-0.15, -0.1) is 0 Å². The number of nitrogens with two attached hydrogens (primary N) is 1. The van der Waals surface area contributed by atoms with Crippen LogP contribution in [0, 0.1) is 5.41 Å². The highest BCUT2D eigenvalue weighted by atomic mass is 16.2. The van der Waals surface area contributed by atoms with Crippen molar-refractivity contribution in [1.82, 2.24) is 4.90 Å². The molecule has 3 rings (SSSR count). The Kier molecular flexibility index (Phi) is 3.24. The van der Waals surface area contributed by atoms with E-state index in [1.165, 1.54) is 6.42 Å². The molecule has 0 aromatic heterocycles. The molecule has 2 amide bonds. The number of carbonyl (C=O) groups excluding carboxylic acids is 2. The van der Waals surface area contributed by atoms with Crippen molar-refractivity contribution in [2.45, 2.75) is 38.1 Å². The van der Waals surface area contributed by atoms with Crippen LogP contribution < -0.4 is 5.73 Å². The second kappa shape index (κ2) is 4.93. The fraction of sp³-hybridized carbons (Fsp3) is 0.500. The van der Waals surface area contributed by atoms with Crippen molar-refractivity contribution < 1.29 is 9.59 Å². The van der Waals surface area contributed by atoms with Crippen molar-refractivity contribution in [3.8, 4) is 0 Å². The highest BCUT2D eigenvalue weighted by Gasteiger charge is 2.60. The van der Waals surface area contributed by atoms with Crippen LogP contribution in [0.15, 0.2) is 30.3 Å². The maximum Gasteiger partial charge on any atom is 0.237 e. The third-order valence-electron chi connectivity index (χ3n) is 4.71. The molecular formula is C16H20N2O2. The minimum absolute atomic E-state index is 0.0176. The topological polar surface area (TPSA) is 63.4 Å². The molecule has 2 aliphatic rings. The Bertz CT molecular complexity index is 521. The van der Waals surface area contributed by atoms with Gasteiger partial charge in [0.05, 0.1) is 18.0 Å². The normalized spacial score (nSPS) is 24.5. The molecule has 1 aliphatic carbocycles. The van der Waals surface area contributed by atoms with E-state index in [0.717, 1.165) is 31.2 Å². The van der Waals surface area contributed by atoms with Crippen molar-refractivity contribution in [2.24, 2.45) is 11.1 Å². The Morgan fingerprint density at radius 3 is 2.45 bits per heavy atom. The van der Waals surface area contributed by atoms with E-state index in [9.17, 15) is 9.59 Å². The highest BCUT2D eigenvalue weighted by Crippen LogP contribution is 2.57. The maximum atomic E-state index is 12.6. The standard InChI is InChI=1S/C16H20N2O2/c17-13(19)11-18-14(12-7-3-1-4-8-12)16(15(18)20)9-5-2-6-10-16/h1,3-4,7-8,14H,2,5-6,9-11H2,(H2,17,19). The van der Waals surface area contributed by atoms with E-state index in [0.29, 0.717) is 0 Å². The zero-order valence-electron chi connectivity index (χ0n) is 11.5. The van der Waals surface area contributed by atoms with Crippen molar-refractivity contribution >= 4 is 11.8 Å². The lowest BCUT2D eigenvalue weighted by Crippen LogP contribution is -2.65. The number of rotatable bonds is 3. The molecule has 2 fully saturated rings. The molecule has 106 valence electrons. The summed E-state index contributed by atoms with van der Waals surface area (Å²) in [6.45, 7) is 0.0279. The van der Waals surface area contributed by atoms with Crippen molar-refractivity contribution in [3.05, 3.63) is 35.9 Å². The Labute approximate surface area is 118 Å². The summed E-state index contributed by atoms with van der Waals surface area (Å²) < 4.78 is 0. The number of β-lactam (4-membered cyclic amide) rings is 1. The van der Waals surface area contributed by atoms with Crippen LogP contribution in [0.25, 0.3) is 0 Å². The minimum Gasteiger partial charge on any atom is -0.368 e. The minimum atomic E-state index is -0.440. The molecule has 0 radical (unpaired) electrons. The highest BCUT2D eigenvalue weighted by molar-refractivity contribution is 5.94. The SMILES string of the molecule is NC(=O)CN1C(=O)C2(CCCCC2)C1c1ccccc1. The summed E-state index contributed by atoms with van der Waals surface area (Å²) in [6, 6.07) is 10.0. The fourth-order valence-corrected chi connectivity index (χ4v) is 3.89. The van der Waals surface area contributed by atoms with Crippen LogP contribution in [0.1, 0.15) is 43.7 Å². The molecule has 1 atom stereocenters. The van der Waals surface area contributed by atoms with Gasteiger partial charge in [0.2, 0.25) is 11.8 Å². The molecule has 20 heavy (non-hydrogen) atoms. The van der Waals surface area contributed by atoms with Crippen LogP contribution >= 0.6 is 0 Å². The number of benzene rings is 1. The Hall–Kier alpha value is -1.84. The number of hydrogen-bond donors (Lipinski definition) is 1. The third-order valence-corrected chi connectivity index (χ3v) is 4.71. The van der Waals surface area contributed by atoms with Gasteiger partial charge in [-0.2, -0.15) is 0 Å². The number of carbonyl (C=O) groups is 2. The van der Waals surface area contributed by atoms with Gasteiger partial charge >= 0.3 is 0 Å². The zero-order valence-corrected chi connectivity index (χ0v) is 11.5. The van der Waals surface area contributed by atoms with Gasteiger partial charge < -0.3 is 10.6 Å². The van der Waals surface area contributed by atoms with E-state index in [2.05, 4.69) is 0 Å². The van der Waals surface area contributed by atoms with Gasteiger partial charge in [0, 0.05) is 0 Å². The predicted octanol–water partition coefficient (Wildman–Crippen LogP) is 2.01. The molecule has 1 unspecified atom stereocenters. The molecule has 1 saturated heterocycles. The van der Waals surface area contributed by atoms with Crippen LogP contribution in [0.3, 0.4) is 0 Å². The summed E-state index contributed by atoms with van der Waals surface area (Å²) in [5.74, 6) is -0.324. The predicted molar refractivity (Wildman–Crippen MR) is 75.6 cm³/mol. The van der Waals surface area contributed by atoms with E-state index in [-0.39, 0.29) is 23.9 Å². The lowest BCUT2D eigenvalue weighted by molar-refractivity contribution is -0.179. The molecule has 2 N–H and O–H groups in total. The number of hydrogen-bond acceptors (Lipinski definition) is 2. The second-order valence-electron chi connectivity index (χ2n) is 5.93. The Morgan fingerprint density at radius 1 is 1.20 bits per heavy atom. The van der Waals surface area contributed by atoms with Crippen molar-refractivity contribution in [2.75, 3.05) is 6.54 Å². The van der Waals surface area contributed by atoms with Gasteiger partial charge in [0.25, 0.3) is 0 Å². The number of primary amides is 1. The monoisotopic (exact) mass is 272 g/mol. The van der Waals surface area contributed by atoms with Crippen molar-refractivity contribution in [1.29, 1.82) is 0 Å². The number of likely N-dealkylation sites (tertiary alicyclic amines) is 1. The molecule has 1 spiro atoms. The van der Waals surface area contributed by atoms with E-state index in [1.54, 1.807) is 4.90 Å². The summed E-state index contributed by atoms with van der Waals surface area (Å²) in [4.78, 5) is 25.5. The lowest BCUT2D eigenvalue weighted by atomic mass is 9.60. The average molecular weight is 272 g/mol. The lowest BCUT2D eigenvalue weighted by Gasteiger charge is -2.57. The molecule has 1 aromatic rings. The molecule has 4 nitrogen and oxygen atoms in total. The second-order valence-corrected chi connectivity index (χ2v) is 5.93. The molecule has 1 heterocycles. The fourth-order valence-electron chi connectivity index (χ4n) is 3.89. The zero-order chi connectivity index (χ0) is 14.2. The smallest absolute Gasteiger partial charge is 0.237 e. The van der Waals surface area contributed by atoms with Gasteiger partial charge in [-0.1, -0.05) is 49.6 Å². The number of amides is 2. The number of nitrogens with zero attached hydrogens (tertiary/aromatic N) is 1. The Balaban J connectivity index is 1.94. The summed E-state index contributed by atoms with van der Waals surface area (Å²) in [6.07, 6.45) is 5.26. The summed E-state index contributed by atoms with van der Waals surface area (Å²) >= 11 is 0. The van der Waals surface area contributed by atoms with Crippen LogP contribution in [-0.2, 0) is 9.59 Å². The molecule has 1 aliphatic heterocycles. The first kappa shape index (κ1) is 13.2. The summed E-state index contributed by atoms with van der Waals surface area (Å²) in [5, 5.41) is 0. The summed E-state index contributed by atoms with van der Waals surface area (Å²) in [5.41, 5.74) is 6.13. The third kappa shape index (κ3) is 1.90. The van der Waals surface area contributed by atoms with E-state index >= 15 is 0 Å². The van der Waals surface area contributed by atoms with Gasteiger partial charge in [-0.3, -0.25) is 9.59 Å². The first-order valence-corrected chi connectivity index (χ1v) is 7.29. The van der Waals surface area contributed by atoms with Crippen LogP contribution in [0.2, 0.25) is 0 Å². The molecule has 0 bridgehead atoms. The van der Waals surface area contributed by atoms with E-state index < -0.39 is 5.91 Å². The largest absolute Gasteiger partial charge is 0.368 e. The van der Waals surface area contributed by atoms with Gasteiger partial charge in [-0.25, -0.2) is 0 Å². The van der Waals surface area contributed by atoms with Crippen LogP contribution in [0.4, 0.5) is 0 Å². The van der Waals surface area contributed by atoms with E-state index in [1.807, 2.05) is 30.3 Å². The quantitative estimate of drug-likeness (QED) is 0.855. The average Bonchev–Trinajstić information content (AvgIpc) is 2.48. The maximum absolute atomic E-state index is 12.6. The van der Waals surface area contributed by atoms with Crippen molar-refractivity contribution in [3.63, 3.8) is 0 Å². The molecule has 1 saturated carbocycles. The first-order chi connectivity index (χ1) is 9.65. The van der Waals surface area contributed by atoms with Crippen LogP contribution in [0.5, 0.6) is 0 Å². The van der Waals surface area contributed by atoms with Gasteiger partial charge in [0.15, 0.2) is 0 Å².